The molecule has 4 fully saturated rings. The van der Waals surface area contributed by atoms with E-state index in [2.05, 4.69) is 10.6 Å². The molecular formula is C22H28N2O6. The van der Waals surface area contributed by atoms with Gasteiger partial charge in [0.05, 0.1) is 7.11 Å². The number of nitrogens with one attached hydrogen (secondary N) is 2. The molecule has 0 unspecified atom stereocenters. The molecule has 2 N–H and O–H groups in total. The number of urea groups is 1. The molecule has 4 saturated carbocycles. The molecular weight excluding hydrogens is 388 g/mol. The minimum Gasteiger partial charge on any atom is -0.497 e. The molecule has 162 valence electrons. The van der Waals surface area contributed by atoms with Crippen LogP contribution in [-0.4, -0.2) is 43.8 Å². The predicted octanol–water partition coefficient (Wildman–Crippen LogP) is 2.41. The number of ether oxygens (including phenoxy) is 3. The van der Waals surface area contributed by atoms with Gasteiger partial charge in [0.15, 0.2) is 13.2 Å². The summed E-state index contributed by atoms with van der Waals surface area (Å²) >= 11 is 0. The van der Waals surface area contributed by atoms with Crippen LogP contribution in [0, 0.1) is 17.8 Å². The summed E-state index contributed by atoms with van der Waals surface area (Å²) in [6.45, 7) is -0.863. The van der Waals surface area contributed by atoms with E-state index in [0.717, 1.165) is 19.3 Å². The highest BCUT2D eigenvalue weighted by Gasteiger charge is 2.51. The second-order valence-electron chi connectivity index (χ2n) is 8.83. The standard InChI is InChI=1S/C22H28N2O6/c1-28-17-2-4-18(5-3-17)29-13-20(26)30-12-19(25)23-21(27)24-22-9-14-6-15(10-22)8-16(7-14)11-22/h2-5,14-16H,6-13H2,1H3,(H2,23,24,25,27). The molecule has 0 radical (unpaired) electrons. The number of imide groups is 1. The summed E-state index contributed by atoms with van der Waals surface area (Å²) in [6.07, 6.45) is 6.82. The van der Waals surface area contributed by atoms with Gasteiger partial charge in [-0.1, -0.05) is 0 Å². The lowest BCUT2D eigenvalue weighted by Crippen LogP contribution is -2.62. The van der Waals surface area contributed by atoms with Gasteiger partial charge in [-0.15, -0.1) is 0 Å². The average molecular weight is 416 g/mol. The molecule has 1 aromatic rings. The van der Waals surface area contributed by atoms with Crippen LogP contribution in [0.5, 0.6) is 11.5 Å². The number of amides is 3. The quantitative estimate of drug-likeness (QED) is 0.662. The van der Waals surface area contributed by atoms with Gasteiger partial charge in [0.1, 0.15) is 11.5 Å². The number of carbonyl (C=O) groups is 3. The van der Waals surface area contributed by atoms with Crippen LogP contribution in [0.3, 0.4) is 0 Å². The monoisotopic (exact) mass is 416 g/mol. The van der Waals surface area contributed by atoms with Crippen molar-refractivity contribution in [3.63, 3.8) is 0 Å². The highest BCUT2D eigenvalue weighted by atomic mass is 16.6. The Labute approximate surface area is 175 Å². The molecule has 1 aromatic carbocycles. The first-order valence-electron chi connectivity index (χ1n) is 10.5. The normalized spacial score (nSPS) is 28.5. The van der Waals surface area contributed by atoms with Crippen molar-refractivity contribution in [3.8, 4) is 11.5 Å². The molecule has 8 heteroatoms. The van der Waals surface area contributed by atoms with Crippen molar-refractivity contribution < 1.29 is 28.6 Å². The zero-order chi connectivity index (χ0) is 21.1. The Morgan fingerprint density at radius 3 is 2.07 bits per heavy atom. The first-order valence-corrected chi connectivity index (χ1v) is 10.5. The van der Waals surface area contributed by atoms with Gasteiger partial charge in [0.25, 0.3) is 5.91 Å². The molecule has 4 aliphatic carbocycles. The molecule has 0 aliphatic heterocycles. The largest absolute Gasteiger partial charge is 0.497 e. The van der Waals surface area contributed by atoms with Crippen LogP contribution in [0.15, 0.2) is 24.3 Å². The third-order valence-corrected chi connectivity index (χ3v) is 6.45. The number of benzene rings is 1. The summed E-state index contributed by atoms with van der Waals surface area (Å²) in [5.74, 6) is 1.88. The molecule has 8 nitrogen and oxygen atoms in total. The second-order valence-corrected chi connectivity index (χ2v) is 8.83. The van der Waals surface area contributed by atoms with Crippen LogP contribution in [0.4, 0.5) is 4.79 Å². The van der Waals surface area contributed by atoms with Crippen LogP contribution < -0.4 is 20.1 Å². The molecule has 0 atom stereocenters. The lowest BCUT2D eigenvalue weighted by atomic mass is 9.53. The molecule has 3 amide bonds. The van der Waals surface area contributed by atoms with Gasteiger partial charge in [0, 0.05) is 5.54 Å². The van der Waals surface area contributed by atoms with Crippen molar-refractivity contribution >= 4 is 17.9 Å². The summed E-state index contributed by atoms with van der Waals surface area (Å²) in [5.41, 5.74) is -0.179. The van der Waals surface area contributed by atoms with E-state index in [4.69, 9.17) is 14.2 Å². The maximum absolute atomic E-state index is 12.3. The van der Waals surface area contributed by atoms with E-state index in [9.17, 15) is 14.4 Å². The smallest absolute Gasteiger partial charge is 0.344 e. The Kier molecular flexibility index (Phi) is 5.83. The third-order valence-electron chi connectivity index (χ3n) is 6.45. The molecule has 5 rings (SSSR count). The molecule has 0 spiro atoms. The molecule has 30 heavy (non-hydrogen) atoms. The fourth-order valence-electron chi connectivity index (χ4n) is 5.70. The highest BCUT2D eigenvalue weighted by Crippen LogP contribution is 2.55. The lowest BCUT2D eigenvalue weighted by Gasteiger charge is -2.56. The van der Waals surface area contributed by atoms with E-state index in [0.29, 0.717) is 29.3 Å². The van der Waals surface area contributed by atoms with E-state index in [1.807, 2.05) is 0 Å². The van der Waals surface area contributed by atoms with E-state index in [1.165, 1.54) is 19.3 Å². The number of carbonyl (C=O) groups excluding carboxylic acids is 3. The zero-order valence-corrected chi connectivity index (χ0v) is 17.1. The fraction of sp³-hybridized carbons (Fsp3) is 0.591. The van der Waals surface area contributed by atoms with E-state index >= 15 is 0 Å². The molecule has 0 saturated heterocycles. The topological polar surface area (TPSA) is 103 Å². The van der Waals surface area contributed by atoms with Gasteiger partial charge < -0.3 is 19.5 Å². The van der Waals surface area contributed by atoms with E-state index < -0.39 is 24.5 Å². The zero-order valence-electron chi connectivity index (χ0n) is 17.1. The number of hydrogen-bond acceptors (Lipinski definition) is 6. The van der Waals surface area contributed by atoms with Crippen molar-refractivity contribution in [3.05, 3.63) is 24.3 Å². The average Bonchev–Trinajstić information content (AvgIpc) is 2.69. The van der Waals surface area contributed by atoms with Gasteiger partial charge in [-0.05, 0) is 80.5 Å². The van der Waals surface area contributed by atoms with Crippen molar-refractivity contribution in [1.29, 1.82) is 0 Å². The van der Waals surface area contributed by atoms with E-state index in [-0.39, 0.29) is 12.1 Å². The first kappa shape index (κ1) is 20.5. The number of esters is 1. The van der Waals surface area contributed by atoms with Gasteiger partial charge in [0.2, 0.25) is 0 Å². The van der Waals surface area contributed by atoms with Gasteiger partial charge in [-0.3, -0.25) is 10.1 Å². The summed E-state index contributed by atoms with van der Waals surface area (Å²) < 4.78 is 15.2. The van der Waals surface area contributed by atoms with Crippen LogP contribution in [0.2, 0.25) is 0 Å². The number of rotatable bonds is 7. The van der Waals surface area contributed by atoms with Gasteiger partial charge >= 0.3 is 12.0 Å². The van der Waals surface area contributed by atoms with Crippen molar-refractivity contribution in [2.45, 2.75) is 44.1 Å². The van der Waals surface area contributed by atoms with Crippen molar-refractivity contribution in [2.75, 3.05) is 20.3 Å². The Balaban J connectivity index is 1.16. The maximum Gasteiger partial charge on any atom is 0.344 e. The number of hydrogen-bond donors (Lipinski definition) is 2. The third kappa shape index (κ3) is 4.86. The highest BCUT2D eigenvalue weighted by molar-refractivity contribution is 5.95. The Morgan fingerprint density at radius 2 is 1.50 bits per heavy atom. The molecule has 0 aromatic heterocycles. The minimum atomic E-state index is -0.692. The second kappa shape index (κ2) is 8.53. The maximum atomic E-state index is 12.3. The Hall–Kier alpha value is -2.77. The first-order chi connectivity index (χ1) is 14.4. The summed E-state index contributed by atoms with van der Waals surface area (Å²) in [7, 11) is 1.56. The summed E-state index contributed by atoms with van der Waals surface area (Å²) in [4.78, 5) is 36.1. The SMILES string of the molecule is COc1ccc(OCC(=O)OCC(=O)NC(=O)NC23CC4CC(CC(C4)C2)C3)cc1. The molecule has 0 heterocycles. The Bertz CT molecular complexity index is 771. The summed E-state index contributed by atoms with van der Waals surface area (Å²) in [5, 5.41) is 5.33. The fourth-order valence-corrected chi connectivity index (χ4v) is 5.70. The molecule has 4 aliphatic rings. The lowest BCUT2D eigenvalue weighted by molar-refractivity contribution is -0.150. The van der Waals surface area contributed by atoms with Gasteiger partial charge in [-0.25, -0.2) is 9.59 Å². The molecule has 4 bridgehead atoms. The van der Waals surface area contributed by atoms with Crippen LogP contribution in [-0.2, 0) is 14.3 Å². The Morgan fingerprint density at radius 1 is 0.933 bits per heavy atom. The minimum absolute atomic E-state index is 0.179. The number of methoxy groups -OCH3 is 1. The van der Waals surface area contributed by atoms with Crippen LogP contribution in [0.25, 0.3) is 0 Å². The van der Waals surface area contributed by atoms with E-state index in [1.54, 1.807) is 31.4 Å². The summed E-state index contributed by atoms with van der Waals surface area (Å²) in [6, 6.07) is 6.22. The van der Waals surface area contributed by atoms with Crippen LogP contribution in [0.1, 0.15) is 38.5 Å². The predicted molar refractivity (Wildman–Crippen MR) is 107 cm³/mol. The van der Waals surface area contributed by atoms with Crippen LogP contribution >= 0.6 is 0 Å². The van der Waals surface area contributed by atoms with Crippen molar-refractivity contribution in [2.24, 2.45) is 17.8 Å². The van der Waals surface area contributed by atoms with Gasteiger partial charge in [-0.2, -0.15) is 0 Å². The van der Waals surface area contributed by atoms with Crippen molar-refractivity contribution in [1.82, 2.24) is 10.6 Å².